The van der Waals surface area contributed by atoms with E-state index in [1.54, 1.807) is 0 Å². The molecule has 2 aliphatic carbocycles. The summed E-state index contributed by atoms with van der Waals surface area (Å²) < 4.78 is 0. The van der Waals surface area contributed by atoms with Gasteiger partial charge in [-0.1, -0.05) is 44.0 Å². The first-order chi connectivity index (χ1) is 7.40. The number of nitrogens with one attached hydrogen (secondary N) is 1. The van der Waals surface area contributed by atoms with Crippen molar-refractivity contribution in [3.63, 3.8) is 0 Å². The van der Waals surface area contributed by atoms with Gasteiger partial charge in [-0.3, -0.25) is 0 Å². The zero-order valence-corrected chi connectivity index (χ0v) is 11.8. The van der Waals surface area contributed by atoms with Gasteiger partial charge in [0.25, 0.3) is 0 Å². The van der Waals surface area contributed by atoms with Crippen LogP contribution in [0, 0.1) is 16.7 Å². The summed E-state index contributed by atoms with van der Waals surface area (Å²) in [6, 6.07) is 0.559. The SMILES string of the molecule is CC12CCC(C1)C(C)(C)C2NCC(Cl)=CCl. The van der Waals surface area contributed by atoms with E-state index in [2.05, 4.69) is 26.1 Å². The fraction of sp³-hybridized carbons (Fsp3) is 0.846. The van der Waals surface area contributed by atoms with Gasteiger partial charge in [0.1, 0.15) is 0 Å². The molecule has 0 amide bonds. The molecule has 1 N–H and O–H groups in total. The number of rotatable bonds is 3. The zero-order chi connectivity index (χ0) is 12.0. The van der Waals surface area contributed by atoms with Crippen molar-refractivity contribution >= 4 is 23.2 Å². The van der Waals surface area contributed by atoms with Crippen LogP contribution in [0.5, 0.6) is 0 Å². The first-order valence-electron chi connectivity index (χ1n) is 6.08. The molecule has 2 rings (SSSR count). The molecule has 3 heteroatoms. The summed E-state index contributed by atoms with van der Waals surface area (Å²) in [5, 5.41) is 4.31. The van der Waals surface area contributed by atoms with Gasteiger partial charge in [-0.05, 0) is 36.0 Å². The van der Waals surface area contributed by atoms with E-state index in [-0.39, 0.29) is 0 Å². The number of hydrogen-bond donors (Lipinski definition) is 1. The molecule has 1 nitrogen and oxygen atoms in total. The van der Waals surface area contributed by atoms with Gasteiger partial charge in [-0.15, -0.1) is 0 Å². The van der Waals surface area contributed by atoms with Crippen LogP contribution < -0.4 is 5.32 Å². The summed E-state index contributed by atoms with van der Waals surface area (Å²) in [4.78, 5) is 0. The summed E-state index contributed by atoms with van der Waals surface area (Å²) in [5.74, 6) is 0.869. The lowest BCUT2D eigenvalue weighted by Gasteiger charge is -2.43. The minimum atomic E-state index is 0.385. The van der Waals surface area contributed by atoms with Crippen molar-refractivity contribution in [2.45, 2.75) is 46.1 Å². The van der Waals surface area contributed by atoms with Gasteiger partial charge >= 0.3 is 0 Å². The second kappa shape index (κ2) is 4.19. The predicted octanol–water partition coefficient (Wildman–Crippen LogP) is 4.11. The molecule has 16 heavy (non-hydrogen) atoms. The fourth-order valence-corrected chi connectivity index (χ4v) is 4.20. The van der Waals surface area contributed by atoms with Crippen LogP contribution in [0.4, 0.5) is 0 Å². The molecule has 2 saturated carbocycles. The van der Waals surface area contributed by atoms with Crippen molar-refractivity contribution in [3.8, 4) is 0 Å². The van der Waals surface area contributed by atoms with Crippen LogP contribution in [0.1, 0.15) is 40.0 Å². The third-order valence-electron chi connectivity index (χ3n) is 4.86. The smallest absolute Gasteiger partial charge is 0.0432 e. The highest BCUT2D eigenvalue weighted by molar-refractivity contribution is 6.36. The molecule has 0 aromatic rings. The number of hydrogen-bond acceptors (Lipinski definition) is 1. The number of halogens is 2. The largest absolute Gasteiger partial charge is 0.308 e. The standard InChI is InChI=1S/C13H21Cl2N/c1-12(2)9-4-5-13(3,6-9)11(12)16-8-10(15)7-14/h7,9,11,16H,4-6,8H2,1-3H3. The van der Waals surface area contributed by atoms with Crippen LogP contribution in [0.25, 0.3) is 0 Å². The van der Waals surface area contributed by atoms with Gasteiger partial charge in [0, 0.05) is 23.2 Å². The van der Waals surface area contributed by atoms with Gasteiger partial charge in [-0.25, -0.2) is 0 Å². The van der Waals surface area contributed by atoms with E-state index in [0.717, 1.165) is 5.92 Å². The Hall–Kier alpha value is 0.280. The highest BCUT2D eigenvalue weighted by Gasteiger charge is 2.58. The molecule has 92 valence electrons. The van der Waals surface area contributed by atoms with E-state index < -0.39 is 0 Å². The normalized spacial score (nSPS) is 41.7. The quantitative estimate of drug-likeness (QED) is 0.807. The molecular formula is C13H21Cl2N. The molecule has 2 fully saturated rings. The Bertz CT molecular complexity index is 306. The molecule has 0 spiro atoms. The Kier molecular flexibility index (Phi) is 3.33. The second-order valence-electron chi connectivity index (χ2n) is 6.29. The minimum absolute atomic E-state index is 0.385. The zero-order valence-electron chi connectivity index (χ0n) is 10.3. The van der Waals surface area contributed by atoms with Crippen molar-refractivity contribution < 1.29 is 0 Å². The first kappa shape index (κ1) is 12.7. The van der Waals surface area contributed by atoms with E-state index in [1.807, 2.05) is 0 Å². The predicted molar refractivity (Wildman–Crippen MR) is 70.8 cm³/mol. The van der Waals surface area contributed by atoms with Crippen LogP contribution in [0.2, 0.25) is 0 Å². The molecule has 0 aliphatic heterocycles. The topological polar surface area (TPSA) is 12.0 Å². The summed E-state index contributed by atoms with van der Waals surface area (Å²) in [7, 11) is 0. The molecule has 0 saturated heterocycles. The van der Waals surface area contributed by atoms with Gasteiger partial charge in [0.2, 0.25) is 0 Å². The van der Waals surface area contributed by atoms with Crippen molar-refractivity contribution in [1.82, 2.24) is 5.32 Å². The van der Waals surface area contributed by atoms with E-state index in [0.29, 0.717) is 28.4 Å². The molecule has 0 aromatic heterocycles. The lowest BCUT2D eigenvalue weighted by molar-refractivity contribution is 0.112. The summed E-state index contributed by atoms with van der Waals surface area (Å²) in [6.45, 7) is 7.88. The van der Waals surface area contributed by atoms with E-state index >= 15 is 0 Å². The van der Waals surface area contributed by atoms with Crippen LogP contribution in [0.3, 0.4) is 0 Å². The lowest BCUT2D eigenvalue weighted by Crippen LogP contribution is -2.50. The summed E-state index contributed by atoms with van der Waals surface area (Å²) in [5.41, 5.74) is 2.30. The van der Waals surface area contributed by atoms with Crippen LogP contribution in [-0.4, -0.2) is 12.6 Å². The Balaban J connectivity index is 2.08. The maximum absolute atomic E-state index is 5.95. The molecular weight excluding hydrogens is 241 g/mol. The van der Waals surface area contributed by atoms with Gasteiger partial charge in [-0.2, -0.15) is 0 Å². The van der Waals surface area contributed by atoms with E-state index in [9.17, 15) is 0 Å². The average molecular weight is 262 g/mol. The molecule has 2 bridgehead atoms. The van der Waals surface area contributed by atoms with Crippen molar-refractivity contribution in [3.05, 3.63) is 10.6 Å². The number of fused-ring (bicyclic) bond motifs is 2. The van der Waals surface area contributed by atoms with Crippen LogP contribution >= 0.6 is 23.2 Å². The van der Waals surface area contributed by atoms with Gasteiger partial charge in [0.15, 0.2) is 0 Å². The third kappa shape index (κ3) is 1.91. The van der Waals surface area contributed by atoms with E-state index in [1.165, 1.54) is 24.8 Å². The molecule has 0 aromatic carbocycles. The Morgan fingerprint density at radius 2 is 2.12 bits per heavy atom. The highest BCUT2D eigenvalue weighted by Crippen LogP contribution is 2.62. The van der Waals surface area contributed by atoms with Crippen molar-refractivity contribution in [2.24, 2.45) is 16.7 Å². The minimum Gasteiger partial charge on any atom is -0.308 e. The average Bonchev–Trinajstić information content (AvgIpc) is 2.68. The summed E-state index contributed by atoms with van der Waals surface area (Å²) in [6.07, 6.45) is 4.10. The first-order valence-corrected chi connectivity index (χ1v) is 6.90. The maximum Gasteiger partial charge on any atom is 0.0432 e. The Morgan fingerprint density at radius 1 is 1.44 bits per heavy atom. The Morgan fingerprint density at radius 3 is 2.62 bits per heavy atom. The van der Waals surface area contributed by atoms with Gasteiger partial charge in [0.05, 0.1) is 0 Å². The lowest BCUT2D eigenvalue weighted by atomic mass is 9.68. The molecule has 3 unspecified atom stereocenters. The molecule has 3 atom stereocenters. The van der Waals surface area contributed by atoms with Crippen molar-refractivity contribution in [1.29, 1.82) is 0 Å². The van der Waals surface area contributed by atoms with Crippen molar-refractivity contribution in [2.75, 3.05) is 6.54 Å². The molecule has 0 radical (unpaired) electrons. The van der Waals surface area contributed by atoms with E-state index in [4.69, 9.17) is 23.2 Å². The van der Waals surface area contributed by atoms with Crippen LogP contribution in [-0.2, 0) is 0 Å². The fourth-order valence-electron chi connectivity index (χ4n) is 4.05. The third-order valence-corrected chi connectivity index (χ3v) is 5.48. The van der Waals surface area contributed by atoms with Gasteiger partial charge < -0.3 is 5.32 Å². The Labute approximate surface area is 109 Å². The van der Waals surface area contributed by atoms with Crippen LogP contribution in [0.15, 0.2) is 10.6 Å². The maximum atomic E-state index is 5.95. The highest BCUT2D eigenvalue weighted by atomic mass is 35.5. The monoisotopic (exact) mass is 261 g/mol. The summed E-state index contributed by atoms with van der Waals surface area (Å²) >= 11 is 11.5. The molecule has 2 aliphatic rings. The second-order valence-corrected chi connectivity index (χ2v) is 6.99. The molecule has 0 heterocycles.